The van der Waals surface area contributed by atoms with E-state index in [2.05, 4.69) is 32.1 Å². The Kier molecular flexibility index (Phi) is 4.20. The lowest BCUT2D eigenvalue weighted by Gasteiger charge is -2.33. The monoisotopic (exact) mass is 301 g/mol. The maximum Gasteiger partial charge on any atom is 0.136 e. The summed E-state index contributed by atoms with van der Waals surface area (Å²) in [5, 5.41) is 3.15. The summed E-state index contributed by atoms with van der Waals surface area (Å²) < 4.78 is 13.3. The van der Waals surface area contributed by atoms with Crippen LogP contribution in [0.5, 0.6) is 0 Å². The van der Waals surface area contributed by atoms with Crippen LogP contribution in [0.1, 0.15) is 5.82 Å². The van der Waals surface area contributed by atoms with Gasteiger partial charge in [-0.3, -0.25) is 0 Å². The Hall–Kier alpha value is -2.21. The SMILES string of the molecule is Cc1nc(Nc2cccc(F)c2)cc(N2CCN(C)CC2)n1. The number of hydrogen-bond acceptors (Lipinski definition) is 5. The zero-order valence-corrected chi connectivity index (χ0v) is 12.9. The van der Waals surface area contributed by atoms with E-state index in [1.807, 2.05) is 19.1 Å². The molecule has 1 aromatic carbocycles. The summed E-state index contributed by atoms with van der Waals surface area (Å²) in [6.07, 6.45) is 0. The summed E-state index contributed by atoms with van der Waals surface area (Å²) in [4.78, 5) is 13.5. The Balaban J connectivity index is 1.80. The number of anilines is 3. The van der Waals surface area contributed by atoms with Gasteiger partial charge in [-0.1, -0.05) is 6.07 Å². The van der Waals surface area contributed by atoms with Gasteiger partial charge in [-0.05, 0) is 32.2 Å². The Labute approximate surface area is 129 Å². The average molecular weight is 301 g/mol. The van der Waals surface area contributed by atoms with E-state index in [1.54, 1.807) is 6.07 Å². The Morgan fingerprint density at radius 3 is 2.59 bits per heavy atom. The van der Waals surface area contributed by atoms with Gasteiger partial charge >= 0.3 is 0 Å². The van der Waals surface area contributed by atoms with Crippen LogP contribution < -0.4 is 10.2 Å². The van der Waals surface area contributed by atoms with Crippen LogP contribution in [0.15, 0.2) is 30.3 Å². The van der Waals surface area contributed by atoms with Crippen LogP contribution in [0.3, 0.4) is 0 Å². The van der Waals surface area contributed by atoms with Gasteiger partial charge in [0, 0.05) is 37.9 Å². The van der Waals surface area contributed by atoms with E-state index in [4.69, 9.17) is 0 Å². The first-order chi connectivity index (χ1) is 10.6. The Morgan fingerprint density at radius 1 is 1.09 bits per heavy atom. The van der Waals surface area contributed by atoms with Crippen LogP contribution in [0.4, 0.5) is 21.7 Å². The minimum atomic E-state index is -0.268. The number of halogens is 1. The predicted octanol–water partition coefficient (Wildman–Crippen LogP) is 2.42. The van der Waals surface area contributed by atoms with Crippen LogP contribution in [-0.2, 0) is 0 Å². The zero-order chi connectivity index (χ0) is 15.5. The van der Waals surface area contributed by atoms with Crippen LogP contribution in [0.25, 0.3) is 0 Å². The minimum Gasteiger partial charge on any atom is -0.354 e. The van der Waals surface area contributed by atoms with Crippen molar-refractivity contribution in [2.24, 2.45) is 0 Å². The molecule has 0 unspecified atom stereocenters. The molecule has 1 fully saturated rings. The third kappa shape index (κ3) is 3.51. The quantitative estimate of drug-likeness (QED) is 0.943. The molecule has 6 heteroatoms. The fourth-order valence-electron chi connectivity index (χ4n) is 2.53. The Morgan fingerprint density at radius 2 is 1.86 bits per heavy atom. The summed E-state index contributed by atoms with van der Waals surface area (Å²) in [5.41, 5.74) is 0.683. The van der Waals surface area contributed by atoms with E-state index in [-0.39, 0.29) is 5.82 Å². The van der Waals surface area contributed by atoms with Crippen molar-refractivity contribution >= 4 is 17.3 Å². The molecule has 1 N–H and O–H groups in total. The number of likely N-dealkylation sites (N-methyl/N-ethyl adjacent to an activating group) is 1. The van der Waals surface area contributed by atoms with Gasteiger partial charge in [-0.15, -0.1) is 0 Å². The molecule has 1 aromatic heterocycles. The van der Waals surface area contributed by atoms with Gasteiger partial charge in [0.05, 0.1) is 0 Å². The summed E-state index contributed by atoms with van der Waals surface area (Å²) >= 11 is 0. The highest BCUT2D eigenvalue weighted by Gasteiger charge is 2.16. The lowest BCUT2D eigenvalue weighted by atomic mass is 10.3. The number of aryl methyl sites for hydroxylation is 1. The minimum absolute atomic E-state index is 0.268. The fraction of sp³-hybridized carbons (Fsp3) is 0.375. The molecule has 116 valence electrons. The lowest BCUT2D eigenvalue weighted by molar-refractivity contribution is 0.312. The number of piperazine rings is 1. The van der Waals surface area contributed by atoms with Gasteiger partial charge in [-0.25, -0.2) is 14.4 Å². The van der Waals surface area contributed by atoms with Gasteiger partial charge < -0.3 is 15.1 Å². The molecule has 2 heterocycles. The smallest absolute Gasteiger partial charge is 0.136 e. The van der Waals surface area contributed by atoms with E-state index < -0.39 is 0 Å². The second kappa shape index (κ2) is 6.27. The molecule has 0 atom stereocenters. The average Bonchev–Trinajstić information content (AvgIpc) is 2.47. The number of benzene rings is 1. The normalized spacial score (nSPS) is 15.9. The standard InChI is InChI=1S/C16H20FN5/c1-12-18-15(20-14-5-3-4-13(17)10-14)11-16(19-12)22-8-6-21(2)7-9-22/h3-5,10-11H,6-9H2,1-2H3,(H,18,19,20). The van der Waals surface area contributed by atoms with Gasteiger partial charge in [0.2, 0.25) is 0 Å². The maximum absolute atomic E-state index is 13.3. The molecular weight excluding hydrogens is 281 g/mol. The molecule has 0 amide bonds. The maximum atomic E-state index is 13.3. The van der Waals surface area contributed by atoms with Gasteiger partial charge in [0.1, 0.15) is 23.3 Å². The number of aromatic nitrogens is 2. The zero-order valence-electron chi connectivity index (χ0n) is 12.9. The van der Waals surface area contributed by atoms with Crippen molar-refractivity contribution in [2.45, 2.75) is 6.92 Å². The third-order valence-corrected chi connectivity index (χ3v) is 3.75. The van der Waals surface area contributed by atoms with E-state index in [9.17, 15) is 4.39 Å². The van der Waals surface area contributed by atoms with Gasteiger partial charge in [0.15, 0.2) is 0 Å². The second-order valence-corrected chi connectivity index (χ2v) is 5.58. The second-order valence-electron chi connectivity index (χ2n) is 5.58. The van der Waals surface area contributed by atoms with Crippen LogP contribution in [0.2, 0.25) is 0 Å². The highest BCUT2D eigenvalue weighted by Crippen LogP contribution is 2.21. The van der Waals surface area contributed by atoms with Crippen molar-refractivity contribution in [1.29, 1.82) is 0 Å². The van der Waals surface area contributed by atoms with Crippen molar-refractivity contribution < 1.29 is 4.39 Å². The Bertz CT molecular complexity index is 653. The fourth-order valence-corrected chi connectivity index (χ4v) is 2.53. The van der Waals surface area contributed by atoms with E-state index in [0.29, 0.717) is 17.3 Å². The van der Waals surface area contributed by atoms with Gasteiger partial charge in [0.25, 0.3) is 0 Å². The topological polar surface area (TPSA) is 44.3 Å². The molecule has 0 radical (unpaired) electrons. The molecule has 2 aromatic rings. The van der Waals surface area contributed by atoms with Crippen molar-refractivity contribution in [3.8, 4) is 0 Å². The largest absolute Gasteiger partial charge is 0.354 e. The first-order valence-electron chi connectivity index (χ1n) is 7.42. The molecule has 0 saturated carbocycles. The van der Waals surface area contributed by atoms with Crippen molar-refractivity contribution in [1.82, 2.24) is 14.9 Å². The third-order valence-electron chi connectivity index (χ3n) is 3.75. The van der Waals surface area contributed by atoms with Gasteiger partial charge in [-0.2, -0.15) is 0 Å². The molecule has 0 bridgehead atoms. The first kappa shape index (κ1) is 14.7. The van der Waals surface area contributed by atoms with E-state index >= 15 is 0 Å². The first-order valence-corrected chi connectivity index (χ1v) is 7.42. The van der Waals surface area contributed by atoms with Crippen LogP contribution in [-0.4, -0.2) is 48.1 Å². The molecular formula is C16H20FN5. The van der Waals surface area contributed by atoms with Crippen LogP contribution >= 0.6 is 0 Å². The lowest BCUT2D eigenvalue weighted by Crippen LogP contribution is -2.44. The van der Waals surface area contributed by atoms with Crippen LogP contribution in [0, 0.1) is 12.7 Å². The summed E-state index contributed by atoms with van der Waals surface area (Å²) in [5.74, 6) is 2.04. The molecule has 0 aliphatic carbocycles. The molecule has 0 spiro atoms. The van der Waals surface area contributed by atoms with E-state index in [0.717, 1.165) is 32.0 Å². The summed E-state index contributed by atoms with van der Waals surface area (Å²) in [6, 6.07) is 8.28. The highest BCUT2D eigenvalue weighted by molar-refractivity contribution is 5.59. The molecule has 22 heavy (non-hydrogen) atoms. The molecule has 5 nitrogen and oxygen atoms in total. The predicted molar refractivity (Wildman–Crippen MR) is 86.2 cm³/mol. The number of hydrogen-bond donors (Lipinski definition) is 1. The number of nitrogens with one attached hydrogen (secondary N) is 1. The molecule has 1 aliphatic heterocycles. The summed E-state index contributed by atoms with van der Waals surface area (Å²) in [7, 11) is 2.12. The van der Waals surface area contributed by atoms with E-state index in [1.165, 1.54) is 12.1 Å². The van der Waals surface area contributed by atoms with Crippen molar-refractivity contribution in [3.63, 3.8) is 0 Å². The van der Waals surface area contributed by atoms with Crippen molar-refractivity contribution in [3.05, 3.63) is 42.0 Å². The molecule has 1 aliphatic rings. The highest BCUT2D eigenvalue weighted by atomic mass is 19.1. The molecule has 3 rings (SSSR count). The number of rotatable bonds is 3. The van der Waals surface area contributed by atoms with Crippen molar-refractivity contribution in [2.75, 3.05) is 43.4 Å². The summed E-state index contributed by atoms with van der Waals surface area (Å²) in [6.45, 7) is 5.82. The molecule has 1 saturated heterocycles. The number of nitrogens with zero attached hydrogens (tertiary/aromatic N) is 4.